The van der Waals surface area contributed by atoms with E-state index in [1.807, 2.05) is 0 Å². The van der Waals surface area contributed by atoms with Crippen molar-refractivity contribution in [3.05, 3.63) is 12.2 Å². The van der Waals surface area contributed by atoms with Gasteiger partial charge in [0, 0.05) is 12.8 Å². The van der Waals surface area contributed by atoms with Crippen LogP contribution < -0.4 is 0 Å². The highest BCUT2D eigenvalue weighted by Crippen LogP contribution is 2.69. The molecule has 0 N–H and O–H groups in total. The fraction of sp³-hybridized carbons (Fsp3) is 0.846. The van der Waals surface area contributed by atoms with Crippen molar-refractivity contribution >= 4 is 11.9 Å². The quantitative estimate of drug-likeness (QED) is 0.181. The van der Waals surface area contributed by atoms with E-state index in [0.29, 0.717) is 37.9 Å². The Balaban J connectivity index is 1.36. The molecule has 0 amide bonds. The van der Waals surface area contributed by atoms with Gasteiger partial charge in [-0.25, -0.2) is 0 Å². The summed E-state index contributed by atoms with van der Waals surface area (Å²) < 4.78 is 10.8. The molecule has 0 aromatic rings. The Kier molecular flexibility index (Phi) is 7.20. The smallest absolute Gasteiger partial charge is 0.305 e. The summed E-state index contributed by atoms with van der Waals surface area (Å²) in [4.78, 5) is 24.5. The summed E-state index contributed by atoms with van der Waals surface area (Å²) in [5.74, 6) is 5.77. The molecule has 0 saturated heterocycles. The van der Waals surface area contributed by atoms with Gasteiger partial charge in [-0.15, -0.1) is 0 Å². The molecule has 4 aliphatic carbocycles. The number of rotatable bonds is 12. The van der Waals surface area contributed by atoms with Crippen LogP contribution in [0.25, 0.3) is 0 Å². The van der Waals surface area contributed by atoms with E-state index in [1.54, 1.807) is 0 Å². The van der Waals surface area contributed by atoms with E-state index < -0.39 is 0 Å². The molecule has 0 aliphatic heterocycles. The Bertz CT molecular complexity index is 589. The van der Waals surface area contributed by atoms with Gasteiger partial charge in [0.1, 0.15) is 0 Å². The lowest BCUT2D eigenvalue weighted by molar-refractivity contribution is -0.146. The van der Waals surface area contributed by atoms with Gasteiger partial charge in [0.25, 0.3) is 0 Å². The average molecular weight is 417 g/mol. The molecular weight excluding hydrogens is 376 g/mol. The normalized spacial score (nSPS) is 37.5. The van der Waals surface area contributed by atoms with Gasteiger partial charge < -0.3 is 9.47 Å². The van der Waals surface area contributed by atoms with Crippen molar-refractivity contribution < 1.29 is 19.1 Å². The second-order valence-electron chi connectivity index (χ2n) is 10.2. The number of allylic oxidation sites excluding steroid dienone is 2. The van der Waals surface area contributed by atoms with Gasteiger partial charge in [-0.1, -0.05) is 38.8 Å². The van der Waals surface area contributed by atoms with E-state index in [0.717, 1.165) is 74.0 Å². The maximum absolute atomic E-state index is 12.2. The highest BCUT2D eigenvalue weighted by molar-refractivity contribution is 5.69. The first-order valence-electron chi connectivity index (χ1n) is 12.6. The summed E-state index contributed by atoms with van der Waals surface area (Å²) in [6.45, 7) is 5.33. The Morgan fingerprint density at radius 3 is 1.67 bits per heavy atom. The predicted molar refractivity (Wildman–Crippen MR) is 116 cm³/mol. The van der Waals surface area contributed by atoms with Crippen LogP contribution in [0.15, 0.2) is 12.2 Å². The van der Waals surface area contributed by atoms with E-state index in [-0.39, 0.29) is 11.9 Å². The zero-order valence-corrected chi connectivity index (χ0v) is 18.9. The summed E-state index contributed by atoms with van der Waals surface area (Å²) in [6, 6.07) is 0. The molecule has 4 rings (SSSR count). The van der Waals surface area contributed by atoms with E-state index in [2.05, 4.69) is 26.0 Å². The molecule has 0 aromatic heterocycles. The summed E-state index contributed by atoms with van der Waals surface area (Å²) in [6.07, 6.45) is 14.6. The topological polar surface area (TPSA) is 52.6 Å². The molecule has 4 aliphatic rings. The third-order valence-corrected chi connectivity index (χ3v) is 8.65. The molecule has 8 unspecified atom stereocenters. The number of unbranched alkanes of at least 4 members (excludes halogenated alkanes) is 2. The minimum atomic E-state index is -0.0339. The largest absolute Gasteiger partial charge is 0.466 e. The van der Waals surface area contributed by atoms with E-state index in [4.69, 9.17) is 9.47 Å². The first kappa shape index (κ1) is 21.9. The third kappa shape index (κ3) is 4.34. The Morgan fingerprint density at radius 2 is 1.23 bits per heavy atom. The molecule has 0 heterocycles. The number of esters is 2. The summed E-state index contributed by atoms with van der Waals surface area (Å²) in [5, 5.41) is 0. The monoisotopic (exact) mass is 416 g/mol. The number of carbonyl (C=O) groups excluding carboxylic acids is 2. The molecule has 4 bridgehead atoms. The van der Waals surface area contributed by atoms with Crippen LogP contribution in [0.2, 0.25) is 0 Å². The Hall–Kier alpha value is -1.32. The molecule has 8 atom stereocenters. The molecule has 4 heteroatoms. The lowest BCUT2D eigenvalue weighted by Gasteiger charge is -2.42. The van der Waals surface area contributed by atoms with Crippen LogP contribution in [0, 0.1) is 47.3 Å². The van der Waals surface area contributed by atoms with Crippen LogP contribution in [-0.2, 0) is 19.1 Å². The number of fused-ring (bicyclic) bond motifs is 9. The van der Waals surface area contributed by atoms with Gasteiger partial charge in [-0.3, -0.25) is 9.59 Å². The van der Waals surface area contributed by atoms with Crippen molar-refractivity contribution in [3.8, 4) is 0 Å². The van der Waals surface area contributed by atoms with Gasteiger partial charge >= 0.3 is 11.9 Å². The lowest BCUT2D eigenvalue weighted by Crippen LogP contribution is -2.37. The molecule has 0 aromatic carbocycles. The van der Waals surface area contributed by atoms with Crippen molar-refractivity contribution in [1.82, 2.24) is 0 Å². The SMILES string of the molecule is CCCCOC(=O)CCC1C(CCC(=O)OCCCC)C2CC1C1C3C=CC(C3)C21. The minimum Gasteiger partial charge on any atom is -0.466 e. The van der Waals surface area contributed by atoms with Crippen molar-refractivity contribution in [3.63, 3.8) is 0 Å². The maximum atomic E-state index is 12.2. The molecule has 3 saturated carbocycles. The fourth-order valence-electron chi connectivity index (χ4n) is 7.52. The maximum Gasteiger partial charge on any atom is 0.305 e. The molecule has 0 spiro atoms. The summed E-state index contributed by atoms with van der Waals surface area (Å²) in [5.41, 5.74) is 0. The van der Waals surface area contributed by atoms with Crippen molar-refractivity contribution in [2.24, 2.45) is 47.3 Å². The number of carbonyl (C=O) groups is 2. The standard InChI is InChI=1S/C26H40O4/c1-3-5-13-29-23(27)11-9-19-20(10-12-24(28)30-14-6-4-2)22-16-21(19)25-17-7-8-18(15-17)26(22)25/h7-8,17-22,25-26H,3-6,9-16H2,1-2H3. The van der Waals surface area contributed by atoms with Crippen LogP contribution in [0.5, 0.6) is 0 Å². The van der Waals surface area contributed by atoms with Crippen molar-refractivity contribution in [2.75, 3.05) is 13.2 Å². The minimum absolute atomic E-state index is 0.0339. The average Bonchev–Trinajstić information content (AvgIpc) is 3.50. The highest BCUT2D eigenvalue weighted by atomic mass is 16.5. The predicted octanol–water partition coefficient (Wildman–Crippen LogP) is 5.55. The summed E-state index contributed by atoms with van der Waals surface area (Å²) in [7, 11) is 0. The van der Waals surface area contributed by atoms with Crippen LogP contribution in [-0.4, -0.2) is 25.2 Å². The number of ether oxygens (including phenoxy) is 2. The van der Waals surface area contributed by atoms with Crippen LogP contribution >= 0.6 is 0 Å². The first-order chi connectivity index (χ1) is 14.6. The third-order valence-electron chi connectivity index (χ3n) is 8.65. The lowest BCUT2D eigenvalue weighted by atomic mass is 9.63. The molecule has 4 nitrogen and oxygen atoms in total. The molecule has 30 heavy (non-hydrogen) atoms. The zero-order chi connectivity index (χ0) is 21.1. The Morgan fingerprint density at radius 1 is 0.767 bits per heavy atom. The molecule has 168 valence electrons. The van der Waals surface area contributed by atoms with E-state index in [9.17, 15) is 9.59 Å². The Labute approximate surface area is 182 Å². The second-order valence-corrected chi connectivity index (χ2v) is 10.2. The van der Waals surface area contributed by atoms with E-state index >= 15 is 0 Å². The second kappa shape index (κ2) is 9.87. The van der Waals surface area contributed by atoms with Crippen molar-refractivity contribution in [1.29, 1.82) is 0 Å². The molecular formula is C26H40O4. The number of hydrogen-bond donors (Lipinski definition) is 0. The van der Waals surface area contributed by atoms with Gasteiger partial charge in [-0.2, -0.15) is 0 Å². The zero-order valence-electron chi connectivity index (χ0n) is 18.9. The van der Waals surface area contributed by atoms with Crippen LogP contribution in [0.4, 0.5) is 0 Å². The van der Waals surface area contributed by atoms with Crippen LogP contribution in [0.1, 0.15) is 78.1 Å². The van der Waals surface area contributed by atoms with Gasteiger partial charge in [-0.05, 0) is 85.9 Å². The van der Waals surface area contributed by atoms with Gasteiger partial charge in [0.05, 0.1) is 13.2 Å². The first-order valence-corrected chi connectivity index (χ1v) is 12.6. The molecule has 3 fully saturated rings. The fourth-order valence-corrected chi connectivity index (χ4v) is 7.52. The van der Waals surface area contributed by atoms with Crippen molar-refractivity contribution in [2.45, 2.75) is 78.1 Å². The van der Waals surface area contributed by atoms with Crippen LogP contribution in [0.3, 0.4) is 0 Å². The van der Waals surface area contributed by atoms with Gasteiger partial charge in [0.15, 0.2) is 0 Å². The molecule has 0 radical (unpaired) electrons. The van der Waals surface area contributed by atoms with Gasteiger partial charge in [0.2, 0.25) is 0 Å². The highest BCUT2D eigenvalue weighted by Gasteiger charge is 2.63. The van der Waals surface area contributed by atoms with E-state index in [1.165, 1.54) is 12.8 Å². The summed E-state index contributed by atoms with van der Waals surface area (Å²) >= 11 is 0. The number of hydrogen-bond acceptors (Lipinski definition) is 4.